The van der Waals surface area contributed by atoms with Crippen LogP contribution in [0, 0.1) is 0 Å². The average Bonchev–Trinajstić information content (AvgIpc) is 2.75. The van der Waals surface area contributed by atoms with Gasteiger partial charge in [0.05, 0.1) is 11.7 Å². The Morgan fingerprint density at radius 3 is 2.90 bits per heavy atom. The summed E-state index contributed by atoms with van der Waals surface area (Å²) in [5.74, 6) is -0.179. The molecule has 1 spiro atoms. The van der Waals surface area contributed by atoms with Crippen molar-refractivity contribution in [2.45, 2.75) is 43.9 Å². The highest BCUT2D eigenvalue weighted by Gasteiger charge is 2.50. The van der Waals surface area contributed by atoms with E-state index in [1.807, 2.05) is 6.07 Å². The topological polar surface area (TPSA) is 104 Å². The second kappa shape index (κ2) is 7.94. The van der Waals surface area contributed by atoms with Crippen LogP contribution in [0.1, 0.15) is 40.7 Å². The van der Waals surface area contributed by atoms with E-state index in [2.05, 4.69) is 38.7 Å². The summed E-state index contributed by atoms with van der Waals surface area (Å²) in [5.41, 5.74) is 2.58. The second-order valence-corrected chi connectivity index (χ2v) is 8.60. The number of hydrogen-bond acceptors (Lipinski definition) is 6. The van der Waals surface area contributed by atoms with E-state index in [0.29, 0.717) is 36.5 Å². The van der Waals surface area contributed by atoms with Gasteiger partial charge in [0.1, 0.15) is 5.69 Å². The number of hydrogen-bond donors (Lipinski definition) is 3. The molecule has 0 saturated heterocycles. The van der Waals surface area contributed by atoms with Crippen LogP contribution in [0.5, 0.6) is 5.88 Å². The number of rotatable bonds is 5. The number of aromatic nitrogens is 1. The van der Waals surface area contributed by atoms with Crippen LogP contribution in [0.3, 0.4) is 0 Å². The number of ether oxygens (including phenoxy) is 1. The van der Waals surface area contributed by atoms with E-state index in [1.54, 1.807) is 6.07 Å². The molecule has 5 rings (SSSR count). The lowest BCUT2D eigenvalue weighted by atomic mass is 9.78. The Kier molecular flexibility index (Phi) is 5.11. The molecule has 1 saturated carbocycles. The molecule has 0 radical (unpaired) electrons. The summed E-state index contributed by atoms with van der Waals surface area (Å²) in [6.07, 6.45) is 4.04. The smallest absolute Gasteiger partial charge is 0.268 e. The van der Waals surface area contributed by atoms with Crippen molar-refractivity contribution in [3.63, 3.8) is 0 Å². The van der Waals surface area contributed by atoms with Crippen molar-refractivity contribution in [1.29, 1.82) is 0 Å². The lowest BCUT2D eigenvalue weighted by Gasteiger charge is -2.42. The Bertz CT molecular complexity index is 1020. The highest BCUT2D eigenvalue weighted by Crippen LogP contribution is 2.42. The van der Waals surface area contributed by atoms with E-state index < -0.39 is 11.7 Å². The average molecular weight is 422 g/mol. The minimum Gasteiger partial charge on any atom is -0.459 e. The first-order valence-electron chi connectivity index (χ1n) is 10.8. The highest BCUT2D eigenvalue weighted by atomic mass is 16.5. The fourth-order valence-corrected chi connectivity index (χ4v) is 4.43. The van der Waals surface area contributed by atoms with Crippen LogP contribution >= 0.6 is 0 Å². The number of nitrogens with one attached hydrogen (secondary N) is 2. The van der Waals surface area contributed by atoms with Crippen molar-refractivity contribution in [2.75, 3.05) is 25.0 Å². The number of carbonyl (C=O) groups is 2. The number of amides is 2. The molecule has 1 atom stereocenters. The normalized spacial score (nSPS) is 20.0. The van der Waals surface area contributed by atoms with Crippen molar-refractivity contribution in [3.8, 4) is 5.88 Å². The molecule has 1 aliphatic carbocycles. The van der Waals surface area contributed by atoms with E-state index in [0.717, 1.165) is 25.9 Å². The maximum absolute atomic E-state index is 12.5. The third-order valence-corrected chi connectivity index (χ3v) is 6.41. The van der Waals surface area contributed by atoms with Gasteiger partial charge in [-0.05, 0) is 42.9 Å². The van der Waals surface area contributed by atoms with Crippen LogP contribution in [0.2, 0.25) is 0 Å². The van der Waals surface area contributed by atoms with Crippen molar-refractivity contribution in [1.82, 2.24) is 15.2 Å². The standard InChI is InChI=1S/C23H26N4O4/c28-18(14-27-9-6-15-4-1-2-5-16(15)13-27)12-24-20(29)17-10-19-21(25-11-17)31-23(7-3-8-23)22(30)26-19/h1-2,4-5,10-11,18,28H,3,6-9,12-14H2,(H,24,29)(H,26,30)/t18-/m0/s1. The number of pyridine rings is 1. The summed E-state index contributed by atoms with van der Waals surface area (Å²) in [7, 11) is 0. The van der Waals surface area contributed by atoms with Gasteiger partial charge < -0.3 is 20.5 Å². The number of fused-ring (bicyclic) bond motifs is 2. The van der Waals surface area contributed by atoms with E-state index in [1.165, 1.54) is 17.3 Å². The number of carbonyl (C=O) groups excluding carboxylic acids is 2. The molecule has 2 aliphatic heterocycles. The van der Waals surface area contributed by atoms with Gasteiger partial charge in [-0.2, -0.15) is 0 Å². The molecule has 1 aromatic heterocycles. The summed E-state index contributed by atoms with van der Waals surface area (Å²) < 4.78 is 5.81. The maximum Gasteiger partial charge on any atom is 0.268 e. The van der Waals surface area contributed by atoms with Gasteiger partial charge in [0.25, 0.3) is 11.8 Å². The van der Waals surface area contributed by atoms with Crippen LogP contribution in [0.15, 0.2) is 36.5 Å². The van der Waals surface area contributed by atoms with Crippen LogP contribution < -0.4 is 15.4 Å². The molecule has 1 aromatic carbocycles. The highest BCUT2D eigenvalue weighted by molar-refractivity contribution is 6.02. The third kappa shape index (κ3) is 3.88. The Hall–Kier alpha value is -2.97. The van der Waals surface area contributed by atoms with Crippen LogP contribution in [-0.2, 0) is 17.8 Å². The molecule has 3 N–H and O–H groups in total. The van der Waals surface area contributed by atoms with Crippen molar-refractivity contribution in [3.05, 3.63) is 53.2 Å². The first-order valence-corrected chi connectivity index (χ1v) is 10.8. The summed E-state index contributed by atoms with van der Waals surface area (Å²) in [5, 5.41) is 16.0. The number of β-amino-alcohol motifs (C(OH)–C–C–N with tert-alkyl or cyclic N) is 1. The molecule has 3 heterocycles. The Morgan fingerprint density at radius 1 is 1.32 bits per heavy atom. The van der Waals surface area contributed by atoms with Gasteiger partial charge in [-0.25, -0.2) is 4.98 Å². The zero-order valence-electron chi connectivity index (χ0n) is 17.3. The number of aliphatic hydroxyl groups is 1. The van der Waals surface area contributed by atoms with Gasteiger partial charge in [0, 0.05) is 32.4 Å². The van der Waals surface area contributed by atoms with Crippen molar-refractivity contribution >= 4 is 17.5 Å². The Morgan fingerprint density at radius 2 is 2.13 bits per heavy atom. The Balaban J connectivity index is 1.15. The van der Waals surface area contributed by atoms with E-state index in [-0.39, 0.29) is 18.4 Å². The zero-order chi connectivity index (χ0) is 21.4. The lowest BCUT2D eigenvalue weighted by molar-refractivity contribution is -0.140. The first kappa shape index (κ1) is 20.0. The molecule has 3 aliphatic rings. The number of benzene rings is 1. The monoisotopic (exact) mass is 422 g/mol. The number of nitrogens with zero attached hydrogens (tertiary/aromatic N) is 2. The third-order valence-electron chi connectivity index (χ3n) is 6.41. The fraction of sp³-hybridized carbons (Fsp3) is 0.435. The van der Waals surface area contributed by atoms with E-state index >= 15 is 0 Å². The molecule has 8 nitrogen and oxygen atoms in total. The van der Waals surface area contributed by atoms with Crippen molar-refractivity contribution < 1.29 is 19.4 Å². The SMILES string of the molecule is O=C(NC[C@H](O)CN1CCc2ccccc2C1)c1cnc2c(c1)NC(=O)C1(CCC1)O2. The first-order chi connectivity index (χ1) is 15.0. The predicted molar refractivity (Wildman–Crippen MR) is 114 cm³/mol. The molecule has 1 fully saturated rings. The van der Waals surface area contributed by atoms with Gasteiger partial charge in [-0.15, -0.1) is 0 Å². The largest absolute Gasteiger partial charge is 0.459 e. The molecule has 2 amide bonds. The summed E-state index contributed by atoms with van der Waals surface area (Å²) in [6, 6.07) is 9.92. The maximum atomic E-state index is 12.5. The predicted octanol–water partition coefficient (Wildman–Crippen LogP) is 1.48. The van der Waals surface area contributed by atoms with Crippen LogP contribution in [-0.4, -0.2) is 58.1 Å². The lowest BCUT2D eigenvalue weighted by Crippen LogP contribution is -2.55. The van der Waals surface area contributed by atoms with E-state index in [9.17, 15) is 14.7 Å². The summed E-state index contributed by atoms with van der Waals surface area (Å²) >= 11 is 0. The van der Waals surface area contributed by atoms with E-state index in [4.69, 9.17) is 4.74 Å². The summed E-state index contributed by atoms with van der Waals surface area (Å²) in [6.45, 7) is 2.32. The molecule has 2 aromatic rings. The summed E-state index contributed by atoms with van der Waals surface area (Å²) in [4.78, 5) is 31.3. The minimum absolute atomic E-state index is 0.139. The molecule has 0 bridgehead atoms. The fourth-order valence-electron chi connectivity index (χ4n) is 4.43. The number of anilines is 1. The van der Waals surface area contributed by atoms with Crippen LogP contribution in [0.25, 0.3) is 0 Å². The molecule has 0 unspecified atom stereocenters. The molecule has 31 heavy (non-hydrogen) atoms. The van der Waals surface area contributed by atoms with Crippen molar-refractivity contribution in [2.24, 2.45) is 0 Å². The van der Waals surface area contributed by atoms with Gasteiger partial charge >= 0.3 is 0 Å². The molecule has 8 heteroatoms. The van der Waals surface area contributed by atoms with Gasteiger partial charge in [-0.1, -0.05) is 24.3 Å². The molecule has 162 valence electrons. The zero-order valence-corrected chi connectivity index (χ0v) is 17.3. The van der Waals surface area contributed by atoms with Gasteiger partial charge in [0.15, 0.2) is 5.60 Å². The number of aliphatic hydroxyl groups excluding tert-OH is 1. The second-order valence-electron chi connectivity index (χ2n) is 8.60. The Labute approximate surface area is 180 Å². The molecular formula is C23H26N4O4. The van der Waals surface area contributed by atoms with Crippen LogP contribution in [0.4, 0.5) is 5.69 Å². The van der Waals surface area contributed by atoms with Gasteiger partial charge in [-0.3, -0.25) is 14.5 Å². The minimum atomic E-state index is -0.789. The quantitative estimate of drug-likeness (QED) is 0.675. The van der Waals surface area contributed by atoms with Gasteiger partial charge in [0.2, 0.25) is 5.88 Å². The molecular weight excluding hydrogens is 396 g/mol.